The van der Waals surface area contributed by atoms with Gasteiger partial charge in [-0.3, -0.25) is 25.2 Å². The van der Waals surface area contributed by atoms with Crippen LogP contribution in [-0.2, 0) is 4.79 Å². The van der Waals surface area contributed by atoms with Crippen LogP contribution >= 0.6 is 0 Å². The van der Waals surface area contributed by atoms with Crippen LogP contribution in [0.15, 0.2) is 36.4 Å². The van der Waals surface area contributed by atoms with Crippen molar-refractivity contribution in [2.24, 2.45) is 0 Å². The topological polar surface area (TPSA) is 93.7 Å². The highest BCUT2D eigenvalue weighted by Gasteiger charge is 2.14. The van der Waals surface area contributed by atoms with E-state index in [1.165, 1.54) is 13.2 Å². The summed E-state index contributed by atoms with van der Waals surface area (Å²) in [6.45, 7) is 6.44. The zero-order valence-electron chi connectivity index (χ0n) is 17.8. The average Bonchev–Trinajstić information content (AvgIpc) is 2.75. The second kappa shape index (κ2) is 11.0. The van der Waals surface area contributed by atoms with Crippen LogP contribution in [0.2, 0.25) is 0 Å². The van der Waals surface area contributed by atoms with Gasteiger partial charge in [0.15, 0.2) is 17.3 Å². The number of methoxy groups -OCH3 is 1. The Balaban J connectivity index is 1.85. The summed E-state index contributed by atoms with van der Waals surface area (Å²) in [7, 11) is 1.49. The minimum Gasteiger partial charge on any atom is -0.493 e. The maximum Gasteiger partial charge on any atom is 0.269 e. The third-order valence-corrected chi connectivity index (χ3v) is 4.61. The number of nitrogens with one attached hydrogen (secondary N) is 2. The number of Topliss-reactive ketones (excluding diaryl/α,β-unsaturated/α-hetero) is 1. The Morgan fingerprint density at radius 2 is 1.60 bits per heavy atom. The van der Waals surface area contributed by atoms with Crippen LogP contribution in [0.1, 0.15) is 58.0 Å². The minimum absolute atomic E-state index is 0.0286. The molecule has 2 rings (SSSR count). The van der Waals surface area contributed by atoms with Crippen molar-refractivity contribution in [1.82, 2.24) is 10.9 Å². The van der Waals surface area contributed by atoms with Gasteiger partial charge >= 0.3 is 0 Å². The number of hydrogen-bond donors (Lipinski definition) is 2. The Morgan fingerprint density at radius 1 is 0.867 bits per heavy atom. The van der Waals surface area contributed by atoms with Crippen molar-refractivity contribution < 1.29 is 23.9 Å². The number of hydrazine groups is 1. The van der Waals surface area contributed by atoms with Crippen molar-refractivity contribution >= 4 is 17.6 Å². The van der Waals surface area contributed by atoms with E-state index in [1.54, 1.807) is 18.2 Å². The van der Waals surface area contributed by atoms with Gasteiger partial charge in [-0.25, -0.2) is 0 Å². The highest BCUT2D eigenvalue weighted by atomic mass is 16.5. The molecule has 0 aliphatic heterocycles. The lowest BCUT2D eigenvalue weighted by Gasteiger charge is -2.12. The smallest absolute Gasteiger partial charge is 0.269 e. The van der Waals surface area contributed by atoms with Crippen LogP contribution in [0, 0.1) is 13.8 Å². The molecule has 0 saturated carbocycles. The highest BCUT2D eigenvalue weighted by Crippen LogP contribution is 2.28. The molecule has 160 valence electrons. The van der Waals surface area contributed by atoms with Gasteiger partial charge in [-0.1, -0.05) is 19.1 Å². The van der Waals surface area contributed by atoms with E-state index in [9.17, 15) is 14.4 Å². The Labute approximate surface area is 176 Å². The number of hydrogen-bond acceptors (Lipinski definition) is 5. The Kier molecular flexibility index (Phi) is 8.41. The predicted molar refractivity (Wildman–Crippen MR) is 114 cm³/mol. The average molecular weight is 412 g/mol. The first-order valence-electron chi connectivity index (χ1n) is 9.86. The van der Waals surface area contributed by atoms with Gasteiger partial charge in [-0.2, -0.15) is 0 Å². The molecule has 7 nitrogen and oxygen atoms in total. The molecule has 30 heavy (non-hydrogen) atoms. The van der Waals surface area contributed by atoms with Crippen LogP contribution in [-0.4, -0.2) is 31.3 Å². The first-order chi connectivity index (χ1) is 14.3. The molecule has 2 aromatic carbocycles. The summed E-state index contributed by atoms with van der Waals surface area (Å²) in [5.41, 5.74) is 7.69. The third kappa shape index (κ3) is 6.34. The first kappa shape index (κ1) is 22.9. The Morgan fingerprint density at radius 3 is 2.27 bits per heavy atom. The maximum atomic E-state index is 12.3. The molecule has 0 bridgehead atoms. The maximum absolute atomic E-state index is 12.3. The molecule has 7 heteroatoms. The normalized spacial score (nSPS) is 10.3. The number of carbonyl (C=O) groups excluding carboxylic acids is 3. The zero-order chi connectivity index (χ0) is 22.1. The van der Waals surface area contributed by atoms with Gasteiger partial charge in [0.05, 0.1) is 13.7 Å². The lowest BCUT2D eigenvalue weighted by atomic mass is 10.0. The summed E-state index contributed by atoms with van der Waals surface area (Å²) < 4.78 is 10.8. The van der Waals surface area contributed by atoms with Crippen molar-refractivity contribution in [3.05, 3.63) is 58.7 Å². The molecule has 0 saturated heterocycles. The molecule has 0 aliphatic rings. The number of amides is 2. The van der Waals surface area contributed by atoms with E-state index in [0.717, 1.165) is 17.5 Å². The molecule has 0 atom stereocenters. The van der Waals surface area contributed by atoms with Crippen LogP contribution in [0.3, 0.4) is 0 Å². The number of aryl methyl sites for hydroxylation is 2. The number of carbonyl (C=O) groups is 3. The number of rotatable bonds is 9. The second-order valence-corrected chi connectivity index (χ2v) is 6.94. The monoisotopic (exact) mass is 412 g/mol. The summed E-state index contributed by atoms with van der Waals surface area (Å²) in [5, 5.41) is 0. The highest BCUT2D eigenvalue weighted by molar-refractivity contribution is 5.99. The quantitative estimate of drug-likeness (QED) is 0.485. The first-order valence-corrected chi connectivity index (χ1v) is 9.86. The zero-order valence-corrected chi connectivity index (χ0v) is 17.8. The van der Waals surface area contributed by atoms with Gasteiger partial charge in [0.2, 0.25) is 5.91 Å². The number of benzene rings is 2. The fourth-order valence-corrected chi connectivity index (χ4v) is 2.69. The van der Waals surface area contributed by atoms with E-state index in [1.807, 2.05) is 32.9 Å². The summed E-state index contributed by atoms with van der Waals surface area (Å²) in [4.78, 5) is 36.5. The van der Waals surface area contributed by atoms with Crippen LogP contribution in [0.5, 0.6) is 11.5 Å². The standard InChI is InChI=1S/C23H28N2O5/c1-5-12-30-20-10-8-18(14-21(20)29-4)23(28)25-24-22(27)11-9-19(26)17-7-6-15(2)16(3)13-17/h6-8,10,13-14H,5,9,11-12H2,1-4H3,(H,24,27)(H,25,28). The molecular weight excluding hydrogens is 384 g/mol. The molecule has 0 fully saturated rings. The lowest BCUT2D eigenvalue weighted by Crippen LogP contribution is -2.41. The van der Waals surface area contributed by atoms with Crippen molar-refractivity contribution in [3.63, 3.8) is 0 Å². The van der Waals surface area contributed by atoms with Crippen LogP contribution in [0.4, 0.5) is 0 Å². The summed E-state index contributed by atoms with van der Waals surface area (Å²) in [6, 6.07) is 10.2. The van der Waals surface area contributed by atoms with E-state index in [-0.39, 0.29) is 18.6 Å². The molecule has 2 amide bonds. The molecule has 2 aromatic rings. The molecular formula is C23H28N2O5. The van der Waals surface area contributed by atoms with Gasteiger partial charge in [0.25, 0.3) is 5.91 Å². The van der Waals surface area contributed by atoms with Crippen molar-refractivity contribution in [3.8, 4) is 11.5 Å². The van der Waals surface area contributed by atoms with Crippen LogP contribution < -0.4 is 20.3 Å². The largest absolute Gasteiger partial charge is 0.493 e. The van der Waals surface area contributed by atoms with Gasteiger partial charge in [0, 0.05) is 24.0 Å². The molecule has 2 N–H and O–H groups in total. The van der Waals surface area contributed by atoms with Crippen molar-refractivity contribution in [2.75, 3.05) is 13.7 Å². The molecule has 0 aliphatic carbocycles. The van der Waals surface area contributed by atoms with Gasteiger partial charge in [-0.05, 0) is 55.7 Å². The van der Waals surface area contributed by atoms with E-state index in [2.05, 4.69) is 10.9 Å². The Hall–Kier alpha value is -3.35. The lowest BCUT2D eigenvalue weighted by molar-refractivity contribution is -0.121. The minimum atomic E-state index is -0.496. The van der Waals surface area contributed by atoms with Crippen LogP contribution in [0.25, 0.3) is 0 Å². The van der Waals surface area contributed by atoms with E-state index < -0.39 is 11.8 Å². The second-order valence-electron chi connectivity index (χ2n) is 6.94. The van der Waals surface area contributed by atoms with Crippen molar-refractivity contribution in [2.45, 2.75) is 40.0 Å². The summed E-state index contributed by atoms with van der Waals surface area (Å²) in [6.07, 6.45) is 0.879. The van der Waals surface area contributed by atoms with Gasteiger partial charge in [0.1, 0.15) is 0 Å². The van der Waals surface area contributed by atoms with Crippen molar-refractivity contribution in [1.29, 1.82) is 0 Å². The fourth-order valence-electron chi connectivity index (χ4n) is 2.69. The molecule has 0 radical (unpaired) electrons. The Bertz CT molecular complexity index is 924. The number of ketones is 1. The predicted octanol–water partition coefficient (Wildman–Crippen LogP) is 3.52. The van der Waals surface area contributed by atoms with Gasteiger partial charge in [-0.15, -0.1) is 0 Å². The summed E-state index contributed by atoms with van der Waals surface area (Å²) >= 11 is 0. The number of ether oxygens (including phenoxy) is 2. The van der Waals surface area contributed by atoms with E-state index in [4.69, 9.17) is 9.47 Å². The van der Waals surface area contributed by atoms with E-state index >= 15 is 0 Å². The SMILES string of the molecule is CCCOc1ccc(C(=O)NNC(=O)CCC(=O)c2ccc(C)c(C)c2)cc1OC. The molecule has 0 aromatic heterocycles. The fraction of sp³-hybridized carbons (Fsp3) is 0.348. The summed E-state index contributed by atoms with van der Waals surface area (Å²) in [5.74, 6) is -0.0854. The molecule has 0 spiro atoms. The van der Waals surface area contributed by atoms with E-state index in [0.29, 0.717) is 29.2 Å². The van der Waals surface area contributed by atoms with Gasteiger partial charge < -0.3 is 9.47 Å². The molecule has 0 unspecified atom stereocenters. The molecule has 0 heterocycles. The third-order valence-electron chi connectivity index (χ3n) is 4.61.